The Morgan fingerprint density at radius 1 is 0.950 bits per heavy atom. The molecule has 4 atom stereocenters. The average molecular weight is 280 g/mol. The number of fused-ring (bicyclic) bond motifs is 1. The van der Waals surface area contributed by atoms with Crippen LogP contribution in [0, 0.1) is 11.8 Å². The van der Waals surface area contributed by atoms with Gasteiger partial charge >= 0.3 is 0 Å². The minimum Gasteiger partial charge on any atom is -0.356 e. The highest BCUT2D eigenvalue weighted by Gasteiger charge is 2.44. The third-order valence-corrected chi connectivity index (χ3v) is 5.87. The summed E-state index contributed by atoms with van der Waals surface area (Å²) in [6.45, 7) is 8.95. The van der Waals surface area contributed by atoms with Crippen LogP contribution in [0.15, 0.2) is 0 Å². The zero-order chi connectivity index (χ0) is 14.4. The lowest BCUT2D eigenvalue weighted by atomic mass is 9.32. The molecule has 0 aromatic rings. The molecule has 2 fully saturated rings. The van der Waals surface area contributed by atoms with E-state index in [4.69, 9.17) is 9.47 Å². The van der Waals surface area contributed by atoms with Crippen LogP contribution < -0.4 is 0 Å². The van der Waals surface area contributed by atoms with Crippen molar-refractivity contribution in [3.05, 3.63) is 0 Å². The summed E-state index contributed by atoms with van der Waals surface area (Å²) in [4.78, 5) is 0. The molecule has 0 spiro atoms. The molecule has 0 bridgehead atoms. The maximum atomic E-state index is 6.14. The van der Waals surface area contributed by atoms with Crippen molar-refractivity contribution < 1.29 is 9.47 Å². The minimum absolute atomic E-state index is 0.464. The van der Waals surface area contributed by atoms with E-state index in [0.29, 0.717) is 12.9 Å². The molecule has 2 saturated carbocycles. The first-order chi connectivity index (χ1) is 9.81. The van der Waals surface area contributed by atoms with Crippen LogP contribution in [-0.2, 0) is 9.47 Å². The van der Waals surface area contributed by atoms with Crippen molar-refractivity contribution >= 4 is 6.71 Å². The predicted octanol–water partition coefficient (Wildman–Crippen LogP) is 4.87. The molecule has 2 rings (SSSR count). The highest BCUT2D eigenvalue weighted by atomic mass is 16.7. The molecular formula is C17H33BO2. The van der Waals surface area contributed by atoms with Crippen LogP contribution in [-0.4, -0.2) is 26.2 Å². The maximum Gasteiger partial charge on any atom is 0.147 e. The second-order valence-corrected chi connectivity index (χ2v) is 6.76. The fourth-order valence-corrected chi connectivity index (χ4v) is 4.90. The quantitative estimate of drug-likeness (QED) is 0.376. The number of hydrogen-bond acceptors (Lipinski definition) is 2. The summed E-state index contributed by atoms with van der Waals surface area (Å²) >= 11 is 0. The SMILES string of the molecule is CCOCO[C@@H]1CCC[C@@H]2CCC[C@H](B(CC)CC)[C@H]21. The number of hydrogen-bond donors (Lipinski definition) is 0. The van der Waals surface area contributed by atoms with Crippen molar-refractivity contribution in [2.24, 2.45) is 11.8 Å². The lowest BCUT2D eigenvalue weighted by Gasteiger charge is -2.47. The Kier molecular flexibility index (Phi) is 6.90. The molecule has 0 saturated heterocycles. The van der Waals surface area contributed by atoms with Gasteiger partial charge in [0.2, 0.25) is 0 Å². The molecule has 0 aromatic heterocycles. The van der Waals surface area contributed by atoms with Gasteiger partial charge in [-0.25, -0.2) is 0 Å². The first-order valence-electron chi connectivity index (χ1n) is 9.01. The standard InChI is InChI=1S/C17H33BO2/c1-4-18(5-2)15-11-7-9-14-10-8-12-16(17(14)15)20-13-19-6-3/h14-17H,4-13H2,1-3H3/t14-,15-,16+,17-/m0/s1. The van der Waals surface area contributed by atoms with Gasteiger partial charge in [-0.05, 0) is 25.2 Å². The second kappa shape index (κ2) is 8.43. The molecule has 0 aliphatic heterocycles. The molecular weight excluding hydrogens is 247 g/mol. The van der Waals surface area contributed by atoms with E-state index in [1.54, 1.807) is 0 Å². The monoisotopic (exact) mass is 280 g/mol. The zero-order valence-electron chi connectivity index (χ0n) is 13.8. The van der Waals surface area contributed by atoms with Crippen molar-refractivity contribution in [1.29, 1.82) is 0 Å². The van der Waals surface area contributed by atoms with E-state index in [1.807, 2.05) is 6.92 Å². The molecule has 0 N–H and O–H groups in total. The number of rotatable bonds is 7. The third kappa shape index (κ3) is 3.79. The van der Waals surface area contributed by atoms with Gasteiger partial charge in [0.1, 0.15) is 13.5 Å². The van der Waals surface area contributed by atoms with Gasteiger partial charge < -0.3 is 9.47 Å². The third-order valence-electron chi connectivity index (χ3n) is 5.87. The van der Waals surface area contributed by atoms with E-state index in [0.717, 1.165) is 31.0 Å². The average Bonchev–Trinajstić information content (AvgIpc) is 2.49. The minimum atomic E-state index is 0.464. The van der Waals surface area contributed by atoms with Gasteiger partial charge in [0.05, 0.1) is 6.10 Å². The number of ether oxygens (including phenoxy) is 2. The van der Waals surface area contributed by atoms with Gasteiger partial charge in [0, 0.05) is 6.61 Å². The molecule has 0 heterocycles. The van der Waals surface area contributed by atoms with Crippen molar-refractivity contribution in [1.82, 2.24) is 0 Å². The molecule has 116 valence electrons. The molecule has 3 heteroatoms. The Hall–Kier alpha value is -0.0151. The van der Waals surface area contributed by atoms with Crippen LogP contribution in [0.3, 0.4) is 0 Å². The first-order valence-corrected chi connectivity index (χ1v) is 9.01. The van der Waals surface area contributed by atoms with Gasteiger partial charge in [0.15, 0.2) is 0 Å². The molecule has 2 aliphatic carbocycles. The molecule has 0 amide bonds. The molecule has 0 aromatic carbocycles. The van der Waals surface area contributed by atoms with Crippen molar-refractivity contribution in [2.75, 3.05) is 13.4 Å². The van der Waals surface area contributed by atoms with Crippen LogP contribution in [0.1, 0.15) is 59.3 Å². The Balaban J connectivity index is 2.03. The Morgan fingerprint density at radius 3 is 2.30 bits per heavy atom. The molecule has 2 nitrogen and oxygen atoms in total. The van der Waals surface area contributed by atoms with Gasteiger partial charge in [-0.3, -0.25) is 0 Å². The Labute approximate surface area is 126 Å². The van der Waals surface area contributed by atoms with Gasteiger partial charge in [-0.15, -0.1) is 0 Å². The van der Waals surface area contributed by atoms with Gasteiger partial charge in [-0.1, -0.05) is 64.4 Å². The van der Waals surface area contributed by atoms with Crippen molar-refractivity contribution in [3.63, 3.8) is 0 Å². The lowest BCUT2D eigenvalue weighted by Crippen LogP contribution is -2.44. The highest BCUT2D eigenvalue weighted by Crippen LogP contribution is 2.50. The van der Waals surface area contributed by atoms with Crippen molar-refractivity contribution in [2.45, 2.75) is 83.9 Å². The van der Waals surface area contributed by atoms with Crippen LogP contribution in [0.25, 0.3) is 0 Å². The Morgan fingerprint density at radius 2 is 1.65 bits per heavy atom. The summed E-state index contributed by atoms with van der Waals surface area (Å²) in [5.74, 6) is 2.63. The van der Waals surface area contributed by atoms with Crippen molar-refractivity contribution in [3.8, 4) is 0 Å². The summed E-state index contributed by atoms with van der Waals surface area (Å²) in [6, 6.07) is 0. The van der Waals surface area contributed by atoms with E-state index in [9.17, 15) is 0 Å². The smallest absolute Gasteiger partial charge is 0.147 e. The second-order valence-electron chi connectivity index (χ2n) is 6.76. The van der Waals surface area contributed by atoms with Gasteiger partial charge in [0.25, 0.3) is 0 Å². The lowest BCUT2D eigenvalue weighted by molar-refractivity contribution is -0.128. The predicted molar refractivity (Wildman–Crippen MR) is 86.5 cm³/mol. The van der Waals surface area contributed by atoms with E-state index in [1.165, 1.54) is 51.2 Å². The molecule has 20 heavy (non-hydrogen) atoms. The summed E-state index contributed by atoms with van der Waals surface area (Å²) < 4.78 is 11.6. The van der Waals surface area contributed by atoms with E-state index < -0.39 is 0 Å². The van der Waals surface area contributed by atoms with E-state index in [-0.39, 0.29) is 0 Å². The van der Waals surface area contributed by atoms with Crippen LogP contribution in [0.5, 0.6) is 0 Å². The molecule has 2 aliphatic rings. The van der Waals surface area contributed by atoms with Crippen LogP contribution >= 0.6 is 0 Å². The molecule has 0 radical (unpaired) electrons. The first kappa shape index (κ1) is 16.4. The summed E-state index contributed by atoms with van der Waals surface area (Å²) in [6.07, 6.45) is 11.5. The molecule has 0 unspecified atom stereocenters. The topological polar surface area (TPSA) is 18.5 Å². The van der Waals surface area contributed by atoms with Crippen LogP contribution in [0.2, 0.25) is 18.5 Å². The Bertz CT molecular complexity index is 266. The largest absolute Gasteiger partial charge is 0.356 e. The fourth-order valence-electron chi connectivity index (χ4n) is 4.90. The highest BCUT2D eigenvalue weighted by molar-refractivity contribution is 6.60. The van der Waals surface area contributed by atoms with E-state index in [2.05, 4.69) is 13.8 Å². The fraction of sp³-hybridized carbons (Fsp3) is 1.00. The maximum absolute atomic E-state index is 6.14. The van der Waals surface area contributed by atoms with Crippen LogP contribution in [0.4, 0.5) is 0 Å². The van der Waals surface area contributed by atoms with Gasteiger partial charge in [-0.2, -0.15) is 0 Å². The van der Waals surface area contributed by atoms with E-state index >= 15 is 0 Å². The zero-order valence-corrected chi connectivity index (χ0v) is 13.8. The normalized spacial score (nSPS) is 33.8. The summed E-state index contributed by atoms with van der Waals surface area (Å²) in [7, 11) is 0. The summed E-state index contributed by atoms with van der Waals surface area (Å²) in [5.41, 5.74) is 0. The summed E-state index contributed by atoms with van der Waals surface area (Å²) in [5, 5.41) is 0.